The van der Waals surface area contributed by atoms with Crippen LogP contribution in [0.3, 0.4) is 0 Å². The number of amidine groups is 1. The van der Waals surface area contributed by atoms with Crippen LogP contribution in [0.5, 0.6) is 0 Å². The van der Waals surface area contributed by atoms with Gasteiger partial charge in [0, 0.05) is 24.6 Å². The van der Waals surface area contributed by atoms with E-state index >= 15 is 0 Å². The molecular formula is C10H11N3O2. The lowest BCUT2D eigenvalue weighted by molar-refractivity contribution is -0.385. The van der Waals surface area contributed by atoms with E-state index < -0.39 is 0 Å². The molecule has 0 saturated carbocycles. The van der Waals surface area contributed by atoms with Gasteiger partial charge in [-0.25, -0.2) is 0 Å². The van der Waals surface area contributed by atoms with Crippen molar-refractivity contribution in [3.8, 4) is 0 Å². The molecule has 78 valence electrons. The summed E-state index contributed by atoms with van der Waals surface area (Å²) in [6, 6.07) is 6.76. The Hall–Kier alpha value is -1.91. The number of para-hydroxylation sites is 1. The van der Waals surface area contributed by atoms with Crippen molar-refractivity contribution in [2.45, 2.75) is 6.42 Å². The van der Waals surface area contributed by atoms with Gasteiger partial charge in [-0.15, -0.1) is 0 Å². The normalized spacial score (nSPS) is 14.5. The van der Waals surface area contributed by atoms with E-state index in [1.807, 2.05) is 0 Å². The molecule has 5 nitrogen and oxygen atoms in total. The van der Waals surface area contributed by atoms with Gasteiger partial charge >= 0.3 is 0 Å². The van der Waals surface area contributed by atoms with Crippen molar-refractivity contribution in [3.05, 3.63) is 39.9 Å². The molecule has 0 spiro atoms. The third-order valence-corrected chi connectivity index (χ3v) is 2.29. The van der Waals surface area contributed by atoms with Gasteiger partial charge in [-0.05, 0) is 0 Å². The van der Waals surface area contributed by atoms with E-state index in [1.54, 1.807) is 18.2 Å². The largest absolute Gasteiger partial charge is 0.372 e. The Bertz CT molecular complexity index is 415. The van der Waals surface area contributed by atoms with Gasteiger partial charge in [0.1, 0.15) is 5.84 Å². The molecule has 0 aliphatic carbocycles. The smallest absolute Gasteiger partial charge is 0.273 e. The highest BCUT2D eigenvalue weighted by atomic mass is 16.6. The number of nitrogens with zero attached hydrogens (tertiary/aromatic N) is 2. The van der Waals surface area contributed by atoms with Crippen LogP contribution in [0.1, 0.15) is 5.56 Å². The average molecular weight is 205 g/mol. The molecule has 0 saturated heterocycles. The van der Waals surface area contributed by atoms with Gasteiger partial charge in [0.25, 0.3) is 5.69 Å². The fourth-order valence-electron chi connectivity index (χ4n) is 1.58. The Labute approximate surface area is 87.0 Å². The van der Waals surface area contributed by atoms with Crippen LogP contribution in [0.15, 0.2) is 29.3 Å². The Morgan fingerprint density at radius 3 is 2.93 bits per heavy atom. The van der Waals surface area contributed by atoms with Crippen molar-refractivity contribution in [1.29, 1.82) is 0 Å². The van der Waals surface area contributed by atoms with Gasteiger partial charge in [0.2, 0.25) is 0 Å². The van der Waals surface area contributed by atoms with Crippen LogP contribution in [-0.4, -0.2) is 23.8 Å². The molecule has 15 heavy (non-hydrogen) atoms. The van der Waals surface area contributed by atoms with E-state index in [9.17, 15) is 10.1 Å². The number of benzene rings is 1. The molecule has 5 heteroatoms. The monoisotopic (exact) mass is 205 g/mol. The summed E-state index contributed by atoms with van der Waals surface area (Å²) in [5.41, 5.74) is 0.865. The summed E-state index contributed by atoms with van der Waals surface area (Å²) in [5.74, 6) is 0.837. The third-order valence-electron chi connectivity index (χ3n) is 2.29. The molecule has 1 aliphatic rings. The minimum Gasteiger partial charge on any atom is -0.372 e. The zero-order valence-corrected chi connectivity index (χ0v) is 8.14. The molecule has 0 aromatic heterocycles. The van der Waals surface area contributed by atoms with Crippen LogP contribution < -0.4 is 5.32 Å². The van der Waals surface area contributed by atoms with Gasteiger partial charge in [-0.2, -0.15) is 0 Å². The molecule has 0 atom stereocenters. The maximum Gasteiger partial charge on any atom is 0.273 e. The van der Waals surface area contributed by atoms with Crippen molar-refractivity contribution >= 4 is 11.5 Å². The summed E-state index contributed by atoms with van der Waals surface area (Å²) in [6.45, 7) is 1.59. The van der Waals surface area contributed by atoms with Crippen molar-refractivity contribution in [3.63, 3.8) is 0 Å². The second-order valence-electron chi connectivity index (χ2n) is 3.32. The molecule has 1 heterocycles. The predicted molar refractivity (Wildman–Crippen MR) is 57.1 cm³/mol. The van der Waals surface area contributed by atoms with Crippen molar-refractivity contribution < 1.29 is 4.92 Å². The first-order valence-electron chi connectivity index (χ1n) is 4.77. The number of hydrogen-bond donors (Lipinski definition) is 1. The Morgan fingerprint density at radius 2 is 2.27 bits per heavy atom. The number of nitro benzene ring substituents is 1. The molecule has 1 N–H and O–H groups in total. The molecule has 1 aromatic carbocycles. The fourth-order valence-corrected chi connectivity index (χ4v) is 1.58. The fraction of sp³-hybridized carbons (Fsp3) is 0.300. The second-order valence-corrected chi connectivity index (χ2v) is 3.32. The quantitative estimate of drug-likeness (QED) is 0.594. The van der Waals surface area contributed by atoms with E-state index in [4.69, 9.17) is 0 Å². The van der Waals surface area contributed by atoms with Crippen LogP contribution >= 0.6 is 0 Å². The van der Waals surface area contributed by atoms with Crippen molar-refractivity contribution in [1.82, 2.24) is 5.32 Å². The minimum absolute atomic E-state index is 0.161. The number of nitro groups is 1. The highest BCUT2D eigenvalue weighted by molar-refractivity contribution is 5.86. The van der Waals surface area contributed by atoms with E-state index in [0.29, 0.717) is 12.0 Å². The van der Waals surface area contributed by atoms with Gasteiger partial charge in [-0.3, -0.25) is 15.1 Å². The molecule has 0 fully saturated rings. The third kappa shape index (κ3) is 2.12. The molecule has 0 amide bonds. The number of rotatable bonds is 3. The Kier molecular flexibility index (Phi) is 2.62. The lowest BCUT2D eigenvalue weighted by atomic mass is 10.1. The Balaban J connectivity index is 2.23. The lowest BCUT2D eigenvalue weighted by Crippen LogP contribution is -2.20. The zero-order chi connectivity index (χ0) is 10.7. The Morgan fingerprint density at radius 1 is 1.47 bits per heavy atom. The van der Waals surface area contributed by atoms with Gasteiger partial charge in [-0.1, -0.05) is 18.2 Å². The maximum absolute atomic E-state index is 10.7. The molecule has 2 rings (SSSR count). The van der Waals surface area contributed by atoms with Crippen LogP contribution in [0.2, 0.25) is 0 Å². The van der Waals surface area contributed by atoms with Crippen LogP contribution in [0, 0.1) is 10.1 Å². The summed E-state index contributed by atoms with van der Waals surface area (Å²) in [7, 11) is 0. The molecule has 0 unspecified atom stereocenters. The van der Waals surface area contributed by atoms with Gasteiger partial charge < -0.3 is 5.32 Å². The van der Waals surface area contributed by atoms with E-state index in [-0.39, 0.29) is 10.6 Å². The standard InChI is InChI=1S/C10H11N3O2/c14-13(15)9-4-2-1-3-8(9)7-10-11-5-6-12-10/h1-4H,5-7H2,(H,11,12). The van der Waals surface area contributed by atoms with E-state index in [2.05, 4.69) is 10.3 Å². The highest BCUT2D eigenvalue weighted by Crippen LogP contribution is 2.18. The summed E-state index contributed by atoms with van der Waals surface area (Å²) in [4.78, 5) is 14.6. The second kappa shape index (κ2) is 4.08. The predicted octanol–water partition coefficient (Wildman–Crippen LogP) is 1.14. The van der Waals surface area contributed by atoms with Crippen LogP contribution in [-0.2, 0) is 6.42 Å². The van der Waals surface area contributed by atoms with Crippen LogP contribution in [0.25, 0.3) is 0 Å². The first-order chi connectivity index (χ1) is 7.27. The number of nitrogens with one attached hydrogen (secondary N) is 1. The summed E-state index contributed by atoms with van der Waals surface area (Å²) < 4.78 is 0. The first-order valence-corrected chi connectivity index (χ1v) is 4.77. The lowest BCUT2D eigenvalue weighted by Gasteiger charge is -2.03. The van der Waals surface area contributed by atoms with E-state index in [0.717, 1.165) is 18.9 Å². The first kappa shape index (κ1) is 9.64. The molecule has 1 aliphatic heterocycles. The number of hydrogen-bond acceptors (Lipinski definition) is 4. The molecular weight excluding hydrogens is 194 g/mol. The maximum atomic E-state index is 10.7. The van der Waals surface area contributed by atoms with Crippen LogP contribution in [0.4, 0.5) is 5.69 Å². The van der Waals surface area contributed by atoms with Gasteiger partial charge in [0.05, 0.1) is 11.5 Å². The highest BCUT2D eigenvalue weighted by Gasteiger charge is 2.15. The zero-order valence-electron chi connectivity index (χ0n) is 8.14. The van der Waals surface area contributed by atoms with Crippen molar-refractivity contribution in [2.75, 3.05) is 13.1 Å². The topological polar surface area (TPSA) is 67.5 Å². The van der Waals surface area contributed by atoms with Gasteiger partial charge in [0.15, 0.2) is 0 Å². The molecule has 0 radical (unpaired) electrons. The summed E-state index contributed by atoms with van der Waals surface area (Å²) in [6.07, 6.45) is 0.511. The minimum atomic E-state index is -0.356. The van der Waals surface area contributed by atoms with E-state index in [1.165, 1.54) is 6.07 Å². The SMILES string of the molecule is O=[N+]([O-])c1ccccc1CC1=NCCN1. The summed E-state index contributed by atoms with van der Waals surface area (Å²) in [5, 5.41) is 13.8. The van der Waals surface area contributed by atoms with Crippen molar-refractivity contribution in [2.24, 2.45) is 4.99 Å². The molecule has 0 bridgehead atoms. The average Bonchev–Trinajstić information content (AvgIpc) is 2.71. The molecule has 1 aromatic rings. The summed E-state index contributed by atoms with van der Waals surface area (Å²) >= 11 is 0. The number of aliphatic imine (C=N–C) groups is 1.